The molecule has 1 unspecified atom stereocenters. The quantitative estimate of drug-likeness (QED) is 0.937. The Labute approximate surface area is 128 Å². The molecule has 3 heterocycles. The lowest BCUT2D eigenvalue weighted by Gasteiger charge is -2.17. The molecule has 6 nitrogen and oxygen atoms in total. The van der Waals surface area contributed by atoms with E-state index in [9.17, 15) is 4.79 Å². The molecule has 2 aliphatic rings. The summed E-state index contributed by atoms with van der Waals surface area (Å²) in [5.41, 5.74) is 2.41. The number of furan rings is 1. The molecule has 2 aromatic rings. The molecule has 0 aromatic carbocycles. The van der Waals surface area contributed by atoms with Gasteiger partial charge in [0.1, 0.15) is 12.1 Å². The number of carbonyl (C=O) groups is 1. The topological polar surface area (TPSA) is 71.3 Å². The minimum absolute atomic E-state index is 0.0396. The van der Waals surface area contributed by atoms with Crippen molar-refractivity contribution in [3.8, 4) is 0 Å². The SMILES string of the molecule is O=C(c1ccco1)N1CCC(Nc2ncnc3c2CCC3)C1. The number of carbonyl (C=O) groups excluding carboxylic acids is 1. The third-order valence-corrected chi connectivity index (χ3v) is 4.42. The highest BCUT2D eigenvalue weighted by Crippen LogP contribution is 2.26. The summed E-state index contributed by atoms with van der Waals surface area (Å²) in [6.45, 7) is 1.42. The van der Waals surface area contributed by atoms with Crippen LogP contribution < -0.4 is 5.32 Å². The zero-order valence-corrected chi connectivity index (χ0v) is 12.3. The van der Waals surface area contributed by atoms with Gasteiger partial charge in [-0.3, -0.25) is 4.79 Å². The van der Waals surface area contributed by atoms with Crippen LogP contribution >= 0.6 is 0 Å². The van der Waals surface area contributed by atoms with E-state index in [0.717, 1.165) is 38.0 Å². The largest absolute Gasteiger partial charge is 0.459 e. The zero-order valence-electron chi connectivity index (χ0n) is 12.3. The summed E-state index contributed by atoms with van der Waals surface area (Å²) in [6, 6.07) is 3.68. The third kappa shape index (κ3) is 2.34. The maximum Gasteiger partial charge on any atom is 0.289 e. The van der Waals surface area contributed by atoms with Crippen LogP contribution in [0, 0.1) is 0 Å². The summed E-state index contributed by atoms with van der Waals surface area (Å²) < 4.78 is 5.19. The second kappa shape index (κ2) is 5.44. The first-order valence-corrected chi connectivity index (χ1v) is 7.73. The number of anilines is 1. The predicted octanol–water partition coefficient (Wildman–Crippen LogP) is 1.88. The summed E-state index contributed by atoms with van der Waals surface area (Å²) in [6.07, 6.45) is 7.32. The first-order chi connectivity index (χ1) is 10.8. The highest BCUT2D eigenvalue weighted by Gasteiger charge is 2.29. The normalized spacial score (nSPS) is 20.2. The Hall–Kier alpha value is -2.37. The fraction of sp³-hybridized carbons (Fsp3) is 0.438. The molecule has 1 aliphatic carbocycles. The van der Waals surface area contributed by atoms with Gasteiger partial charge in [0.05, 0.1) is 6.26 Å². The molecule has 0 bridgehead atoms. The first-order valence-electron chi connectivity index (χ1n) is 7.73. The number of fused-ring (bicyclic) bond motifs is 1. The molecule has 0 radical (unpaired) electrons. The van der Waals surface area contributed by atoms with Crippen molar-refractivity contribution in [3.63, 3.8) is 0 Å². The Kier molecular flexibility index (Phi) is 3.29. The van der Waals surface area contributed by atoms with Crippen molar-refractivity contribution >= 4 is 11.7 Å². The molecule has 1 aliphatic heterocycles. The Balaban J connectivity index is 1.44. The van der Waals surface area contributed by atoms with E-state index in [-0.39, 0.29) is 11.9 Å². The van der Waals surface area contributed by atoms with Crippen molar-refractivity contribution in [1.29, 1.82) is 0 Å². The van der Waals surface area contributed by atoms with E-state index in [1.54, 1.807) is 18.5 Å². The number of amides is 1. The second-order valence-electron chi connectivity index (χ2n) is 5.86. The van der Waals surface area contributed by atoms with Gasteiger partial charge in [0, 0.05) is 30.4 Å². The highest BCUT2D eigenvalue weighted by molar-refractivity contribution is 5.91. The lowest BCUT2D eigenvalue weighted by Crippen LogP contribution is -2.31. The lowest BCUT2D eigenvalue weighted by molar-refractivity contribution is 0.0760. The van der Waals surface area contributed by atoms with E-state index in [4.69, 9.17) is 4.42 Å². The molecule has 22 heavy (non-hydrogen) atoms. The van der Waals surface area contributed by atoms with Gasteiger partial charge in [0.15, 0.2) is 5.76 Å². The van der Waals surface area contributed by atoms with Gasteiger partial charge in [0.25, 0.3) is 5.91 Å². The van der Waals surface area contributed by atoms with Crippen molar-refractivity contribution in [2.75, 3.05) is 18.4 Å². The van der Waals surface area contributed by atoms with Crippen molar-refractivity contribution in [1.82, 2.24) is 14.9 Å². The standard InChI is InChI=1S/C16H18N4O2/c21-16(14-5-2-8-22-14)20-7-6-11(9-20)19-15-12-3-1-4-13(12)17-10-18-15/h2,5,8,10-11H,1,3-4,6-7,9H2,(H,17,18,19). The number of rotatable bonds is 3. The van der Waals surface area contributed by atoms with Gasteiger partial charge < -0.3 is 14.6 Å². The van der Waals surface area contributed by atoms with E-state index in [2.05, 4.69) is 15.3 Å². The molecule has 0 spiro atoms. The van der Waals surface area contributed by atoms with E-state index in [1.165, 1.54) is 17.5 Å². The molecule has 2 aromatic heterocycles. The van der Waals surface area contributed by atoms with Crippen LogP contribution in [0.15, 0.2) is 29.1 Å². The molecule has 1 saturated heterocycles. The van der Waals surface area contributed by atoms with E-state index < -0.39 is 0 Å². The Bertz CT molecular complexity index is 683. The second-order valence-corrected chi connectivity index (χ2v) is 5.86. The molecule has 1 fully saturated rings. The van der Waals surface area contributed by atoms with Crippen molar-refractivity contribution < 1.29 is 9.21 Å². The number of likely N-dealkylation sites (tertiary alicyclic amines) is 1. The lowest BCUT2D eigenvalue weighted by atomic mass is 10.2. The molecule has 0 saturated carbocycles. The Morgan fingerprint density at radius 1 is 1.36 bits per heavy atom. The highest BCUT2D eigenvalue weighted by atomic mass is 16.3. The summed E-state index contributed by atoms with van der Waals surface area (Å²) >= 11 is 0. The molecular weight excluding hydrogens is 280 g/mol. The molecule has 1 atom stereocenters. The Morgan fingerprint density at radius 3 is 3.18 bits per heavy atom. The number of hydrogen-bond acceptors (Lipinski definition) is 5. The Morgan fingerprint density at radius 2 is 2.32 bits per heavy atom. The van der Waals surface area contributed by atoms with Crippen LogP contribution in [-0.4, -0.2) is 39.9 Å². The number of hydrogen-bond donors (Lipinski definition) is 1. The minimum Gasteiger partial charge on any atom is -0.459 e. The van der Waals surface area contributed by atoms with Crippen LogP contribution in [0.4, 0.5) is 5.82 Å². The molecule has 114 valence electrons. The smallest absolute Gasteiger partial charge is 0.289 e. The first kappa shape index (κ1) is 13.3. The molecule has 1 N–H and O–H groups in total. The maximum atomic E-state index is 12.3. The van der Waals surface area contributed by atoms with Crippen molar-refractivity contribution in [3.05, 3.63) is 41.7 Å². The van der Waals surface area contributed by atoms with Crippen LogP contribution in [0.2, 0.25) is 0 Å². The van der Waals surface area contributed by atoms with Gasteiger partial charge in [0.2, 0.25) is 0 Å². The third-order valence-electron chi connectivity index (χ3n) is 4.42. The average molecular weight is 298 g/mol. The van der Waals surface area contributed by atoms with Gasteiger partial charge in [-0.05, 0) is 37.8 Å². The number of nitrogens with one attached hydrogen (secondary N) is 1. The summed E-state index contributed by atoms with van der Waals surface area (Å²) in [5, 5.41) is 3.50. The zero-order chi connectivity index (χ0) is 14.9. The average Bonchev–Trinajstić information content (AvgIpc) is 3.28. The maximum absolute atomic E-state index is 12.3. The fourth-order valence-corrected chi connectivity index (χ4v) is 3.30. The monoisotopic (exact) mass is 298 g/mol. The minimum atomic E-state index is -0.0396. The van der Waals surface area contributed by atoms with Crippen LogP contribution in [0.1, 0.15) is 34.7 Å². The summed E-state index contributed by atoms with van der Waals surface area (Å²) in [5.74, 6) is 1.31. The number of nitrogens with zero attached hydrogens (tertiary/aromatic N) is 3. The molecule has 6 heteroatoms. The van der Waals surface area contributed by atoms with E-state index >= 15 is 0 Å². The van der Waals surface area contributed by atoms with Gasteiger partial charge in [-0.2, -0.15) is 0 Å². The summed E-state index contributed by atoms with van der Waals surface area (Å²) in [7, 11) is 0. The van der Waals surface area contributed by atoms with E-state index in [0.29, 0.717) is 12.3 Å². The number of aromatic nitrogens is 2. The van der Waals surface area contributed by atoms with Crippen LogP contribution in [-0.2, 0) is 12.8 Å². The van der Waals surface area contributed by atoms with Crippen LogP contribution in [0.3, 0.4) is 0 Å². The van der Waals surface area contributed by atoms with Crippen LogP contribution in [0.25, 0.3) is 0 Å². The fourth-order valence-electron chi connectivity index (χ4n) is 3.30. The predicted molar refractivity (Wildman–Crippen MR) is 80.7 cm³/mol. The van der Waals surface area contributed by atoms with Crippen molar-refractivity contribution in [2.45, 2.75) is 31.7 Å². The molecule has 1 amide bonds. The van der Waals surface area contributed by atoms with Gasteiger partial charge >= 0.3 is 0 Å². The van der Waals surface area contributed by atoms with Crippen molar-refractivity contribution in [2.24, 2.45) is 0 Å². The van der Waals surface area contributed by atoms with Crippen LogP contribution in [0.5, 0.6) is 0 Å². The van der Waals surface area contributed by atoms with Gasteiger partial charge in [-0.25, -0.2) is 9.97 Å². The van der Waals surface area contributed by atoms with Gasteiger partial charge in [-0.15, -0.1) is 0 Å². The van der Waals surface area contributed by atoms with E-state index in [1.807, 2.05) is 4.90 Å². The molecule has 4 rings (SSSR count). The molecular formula is C16H18N4O2. The summed E-state index contributed by atoms with van der Waals surface area (Å²) in [4.78, 5) is 22.8. The number of aryl methyl sites for hydroxylation is 1. The van der Waals surface area contributed by atoms with Gasteiger partial charge in [-0.1, -0.05) is 0 Å².